The molecule has 2 N–H and O–H groups in total. The molecule has 0 radical (unpaired) electrons. The molecule has 1 fully saturated rings. The van der Waals surface area contributed by atoms with E-state index in [1.54, 1.807) is 7.11 Å². The van der Waals surface area contributed by atoms with E-state index in [9.17, 15) is 15.8 Å². The monoisotopic (exact) mass is 360 g/mol. The fraction of sp³-hybridized carbons (Fsp3) is 0.429. The van der Waals surface area contributed by atoms with E-state index in [0.717, 1.165) is 25.2 Å². The number of rotatable bonds is 3. The van der Waals surface area contributed by atoms with Crippen molar-refractivity contribution < 1.29 is 9.64 Å². The number of quaternary nitrogens is 1. The Bertz CT molecular complexity index is 900. The smallest absolute Gasteiger partial charge is 0.203 e. The highest BCUT2D eigenvalue weighted by Crippen LogP contribution is 2.52. The number of likely N-dealkylation sites (N-methyl/N-ethyl adjacent to an activating group) is 1. The topological polar surface area (TPSA) is 109 Å². The lowest BCUT2D eigenvalue weighted by atomic mass is 9.55. The molecular weight excluding hydrogens is 338 g/mol. The van der Waals surface area contributed by atoms with Crippen molar-refractivity contribution in [2.75, 3.05) is 26.7 Å². The van der Waals surface area contributed by atoms with Gasteiger partial charge in [-0.25, -0.2) is 0 Å². The van der Waals surface area contributed by atoms with Crippen LogP contribution in [-0.2, 0) is 0 Å². The molecule has 1 unspecified atom stereocenters. The van der Waals surface area contributed by atoms with Crippen LogP contribution in [0, 0.1) is 56.7 Å². The van der Waals surface area contributed by atoms with E-state index in [2.05, 4.69) is 25.1 Å². The third kappa shape index (κ3) is 2.69. The van der Waals surface area contributed by atoms with Gasteiger partial charge in [-0.05, 0) is 30.2 Å². The summed E-state index contributed by atoms with van der Waals surface area (Å²) >= 11 is 0. The molecule has 0 bridgehead atoms. The third-order valence-corrected chi connectivity index (χ3v) is 5.93. The van der Waals surface area contributed by atoms with E-state index in [4.69, 9.17) is 10.1 Å². The molecule has 4 atom stereocenters. The van der Waals surface area contributed by atoms with Crippen LogP contribution in [-0.4, -0.2) is 32.5 Å². The highest BCUT2D eigenvalue weighted by atomic mass is 16.5. The van der Waals surface area contributed by atoms with Crippen LogP contribution in [0.2, 0.25) is 0 Å². The van der Waals surface area contributed by atoms with Crippen LogP contribution in [0.1, 0.15) is 18.4 Å². The molecule has 2 aliphatic rings. The molecule has 136 valence electrons. The average molecular weight is 360 g/mol. The highest BCUT2D eigenvalue weighted by Gasteiger charge is 2.57. The van der Waals surface area contributed by atoms with E-state index in [-0.39, 0.29) is 17.5 Å². The Balaban J connectivity index is 2.25. The Morgan fingerprint density at radius 2 is 1.96 bits per heavy atom. The zero-order chi connectivity index (χ0) is 19.6. The standard InChI is InChI=1S/C21H21N5O/c1-3-26-9-8-17-16(11-26)19(14-6-4-5-7-18(14)27-2)15(10-22)20(25)21(17,12-23)13-24/h4-8,15-16,19,25H,3,9,11H2,1-2H3/p+1/t15-,16-,19+/m0/s1. The fourth-order valence-corrected chi connectivity index (χ4v) is 4.51. The molecule has 1 heterocycles. The van der Waals surface area contributed by atoms with Crippen LogP contribution in [0.4, 0.5) is 0 Å². The number of nitrogens with zero attached hydrogens (tertiary/aromatic N) is 3. The van der Waals surface area contributed by atoms with Gasteiger partial charge in [0.05, 0.1) is 56.6 Å². The van der Waals surface area contributed by atoms with Crippen molar-refractivity contribution in [3.05, 3.63) is 41.5 Å². The molecule has 0 aromatic heterocycles. The number of methoxy groups -OCH3 is 1. The summed E-state index contributed by atoms with van der Waals surface area (Å²) in [4.78, 5) is 1.33. The summed E-state index contributed by atoms with van der Waals surface area (Å²) in [6.45, 7) is 4.46. The van der Waals surface area contributed by atoms with Crippen molar-refractivity contribution in [2.24, 2.45) is 17.3 Å². The van der Waals surface area contributed by atoms with Gasteiger partial charge in [0.15, 0.2) is 0 Å². The summed E-state index contributed by atoms with van der Waals surface area (Å²) in [5.74, 6) is -0.663. The van der Waals surface area contributed by atoms with Crippen molar-refractivity contribution >= 4 is 5.71 Å². The molecular formula is C21H22N5O+. The summed E-state index contributed by atoms with van der Waals surface area (Å²) in [6.07, 6.45) is 1.95. The lowest BCUT2D eigenvalue weighted by molar-refractivity contribution is -0.897. The number of hydrogen-bond acceptors (Lipinski definition) is 5. The number of hydrogen-bond donors (Lipinski definition) is 2. The van der Waals surface area contributed by atoms with Gasteiger partial charge in [-0.15, -0.1) is 0 Å². The van der Waals surface area contributed by atoms with Crippen LogP contribution in [0.5, 0.6) is 5.75 Å². The van der Waals surface area contributed by atoms with Crippen LogP contribution < -0.4 is 9.64 Å². The molecule has 3 rings (SSSR count). The van der Waals surface area contributed by atoms with Gasteiger partial charge in [-0.2, -0.15) is 15.8 Å². The number of fused-ring (bicyclic) bond motifs is 1. The molecule has 6 nitrogen and oxygen atoms in total. The van der Waals surface area contributed by atoms with Crippen LogP contribution in [0.3, 0.4) is 0 Å². The zero-order valence-electron chi connectivity index (χ0n) is 15.5. The molecule has 1 aromatic rings. The highest BCUT2D eigenvalue weighted by molar-refractivity contribution is 6.01. The first kappa shape index (κ1) is 18.6. The summed E-state index contributed by atoms with van der Waals surface area (Å²) in [5.41, 5.74) is -0.234. The Hall–Kier alpha value is -3.14. The van der Waals surface area contributed by atoms with E-state index >= 15 is 0 Å². The summed E-state index contributed by atoms with van der Waals surface area (Å²) < 4.78 is 5.53. The number of ether oxygens (including phenoxy) is 1. The number of nitrogens with one attached hydrogen (secondary N) is 2. The molecule has 0 amide bonds. The molecule has 0 saturated heterocycles. The molecule has 0 spiro atoms. The van der Waals surface area contributed by atoms with Gasteiger partial charge < -0.3 is 15.0 Å². The minimum atomic E-state index is -1.65. The van der Waals surface area contributed by atoms with Crippen LogP contribution >= 0.6 is 0 Å². The van der Waals surface area contributed by atoms with Crippen molar-refractivity contribution in [3.63, 3.8) is 0 Å². The lowest BCUT2D eigenvalue weighted by Gasteiger charge is -2.46. The molecule has 27 heavy (non-hydrogen) atoms. The molecule has 1 saturated carbocycles. The zero-order valence-corrected chi connectivity index (χ0v) is 15.5. The van der Waals surface area contributed by atoms with Crippen molar-refractivity contribution in [2.45, 2.75) is 12.8 Å². The van der Waals surface area contributed by atoms with Crippen molar-refractivity contribution in [3.8, 4) is 24.0 Å². The Morgan fingerprint density at radius 3 is 2.56 bits per heavy atom. The SMILES string of the molecule is CC[NH+]1CC=C2[C@H](C1)[C@H](c1ccccc1OC)[C@H](C#N)C(=N)C2(C#N)C#N. The van der Waals surface area contributed by atoms with Gasteiger partial charge in [0.2, 0.25) is 5.41 Å². The molecule has 1 aromatic carbocycles. The van der Waals surface area contributed by atoms with Gasteiger partial charge in [0.25, 0.3) is 0 Å². The first-order chi connectivity index (χ1) is 13.1. The maximum Gasteiger partial charge on any atom is 0.203 e. The van der Waals surface area contributed by atoms with E-state index < -0.39 is 11.3 Å². The van der Waals surface area contributed by atoms with Gasteiger partial charge in [0.1, 0.15) is 5.75 Å². The summed E-state index contributed by atoms with van der Waals surface area (Å²) in [7, 11) is 1.59. The van der Waals surface area contributed by atoms with Crippen LogP contribution in [0.15, 0.2) is 35.9 Å². The van der Waals surface area contributed by atoms with Gasteiger partial charge in [0, 0.05) is 11.8 Å². The quantitative estimate of drug-likeness (QED) is 0.795. The fourth-order valence-electron chi connectivity index (χ4n) is 4.51. The largest absolute Gasteiger partial charge is 0.496 e. The Kier molecular flexibility index (Phi) is 5.00. The normalized spacial score (nSPS) is 28.7. The second kappa shape index (κ2) is 7.23. The minimum Gasteiger partial charge on any atom is -0.496 e. The predicted octanol–water partition coefficient (Wildman–Crippen LogP) is 1.45. The van der Waals surface area contributed by atoms with E-state index in [1.165, 1.54) is 4.90 Å². The maximum absolute atomic E-state index is 9.92. The summed E-state index contributed by atoms with van der Waals surface area (Å²) in [5, 5.41) is 38.2. The second-order valence-corrected chi connectivity index (χ2v) is 7.04. The number of para-hydroxylation sites is 1. The third-order valence-electron chi connectivity index (χ3n) is 5.93. The van der Waals surface area contributed by atoms with Crippen molar-refractivity contribution in [1.29, 1.82) is 21.2 Å². The molecule has 1 aliphatic heterocycles. The van der Waals surface area contributed by atoms with Gasteiger partial charge in [-0.1, -0.05) is 18.2 Å². The minimum absolute atomic E-state index is 0.117. The Labute approximate surface area is 159 Å². The van der Waals surface area contributed by atoms with Crippen LogP contribution in [0.25, 0.3) is 0 Å². The van der Waals surface area contributed by atoms with Crippen molar-refractivity contribution in [1.82, 2.24) is 0 Å². The summed E-state index contributed by atoms with van der Waals surface area (Å²) in [6, 6.07) is 13.9. The van der Waals surface area contributed by atoms with E-state index in [1.807, 2.05) is 30.3 Å². The number of nitriles is 3. The first-order valence-electron chi connectivity index (χ1n) is 9.05. The molecule has 1 aliphatic carbocycles. The van der Waals surface area contributed by atoms with Gasteiger partial charge in [-0.3, -0.25) is 0 Å². The lowest BCUT2D eigenvalue weighted by Crippen LogP contribution is -3.13. The van der Waals surface area contributed by atoms with E-state index in [0.29, 0.717) is 11.3 Å². The number of benzene rings is 1. The molecule has 6 heteroatoms. The second-order valence-electron chi connectivity index (χ2n) is 7.04. The first-order valence-corrected chi connectivity index (χ1v) is 9.05. The average Bonchev–Trinajstić information content (AvgIpc) is 2.73. The van der Waals surface area contributed by atoms with Gasteiger partial charge >= 0.3 is 0 Å². The maximum atomic E-state index is 9.92. The Morgan fingerprint density at radius 1 is 1.26 bits per heavy atom. The predicted molar refractivity (Wildman–Crippen MR) is 99.0 cm³/mol.